The number of fused-ring (bicyclic) bond motifs is 1. The first-order valence-corrected chi connectivity index (χ1v) is 8.64. The average Bonchev–Trinajstić information content (AvgIpc) is 2.63. The third-order valence-corrected chi connectivity index (χ3v) is 4.47. The van der Waals surface area contributed by atoms with Crippen molar-refractivity contribution >= 4 is 46.4 Å². The van der Waals surface area contributed by atoms with E-state index in [0.29, 0.717) is 28.5 Å². The number of carbonyl (C=O) groups excluding carboxylic acids is 3. The third kappa shape index (κ3) is 3.86. The van der Waals surface area contributed by atoms with Gasteiger partial charge in [0.25, 0.3) is 0 Å². The molecule has 1 aliphatic rings. The van der Waals surface area contributed by atoms with Gasteiger partial charge >= 0.3 is 0 Å². The van der Waals surface area contributed by atoms with Crippen LogP contribution in [0.5, 0.6) is 0 Å². The number of para-hydroxylation sites is 1. The summed E-state index contributed by atoms with van der Waals surface area (Å²) in [5.74, 6) is -1.28. The van der Waals surface area contributed by atoms with Crippen molar-refractivity contribution in [2.45, 2.75) is 25.7 Å². The topological polar surface area (TPSA) is 87.3 Å². The van der Waals surface area contributed by atoms with Crippen LogP contribution in [-0.2, 0) is 14.4 Å². The Morgan fingerprint density at radius 1 is 1.19 bits per heavy atom. The predicted octanol–water partition coefficient (Wildman–Crippen LogP) is 3.75. The van der Waals surface area contributed by atoms with E-state index >= 15 is 0 Å². The first kappa shape index (κ1) is 17.9. The third-order valence-electron chi connectivity index (χ3n) is 4.15. The molecule has 1 unspecified atom stereocenters. The van der Waals surface area contributed by atoms with Crippen LogP contribution in [0, 0.1) is 0 Å². The minimum atomic E-state index is -0.607. The van der Waals surface area contributed by atoms with Gasteiger partial charge in [-0.15, -0.1) is 0 Å². The summed E-state index contributed by atoms with van der Waals surface area (Å²) in [5.41, 5.74) is 2.32. The van der Waals surface area contributed by atoms with Crippen molar-refractivity contribution in [2.75, 3.05) is 16.0 Å². The Morgan fingerprint density at radius 3 is 2.73 bits per heavy atom. The van der Waals surface area contributed by atoms with Crippen molar-refractivity contribution in [1.82, 2.24) is 0 Å². The smallest absolute Gasteiger partial charge is 0.232 e. The lowest BCUT2D eigenvalue weighted by Gasteiger charge is -2.25. The maximum Gasteiger partial charge on any atom is 0.232 e. The number of hydrogen-bond acceptors (Lipinski definition) is 3. The maximum atomic E-state index is 12.8. The van der Waals surface area contributed by atoms with Gasteiger partial charge in [0.2, 0.25) is 17.7 Å². The summed E-state index contributed by atoms with van der Waals surface area (Å²) in [5, 5.41) is 8.61. The highest BCUT2D eigenvalue weighted by Crippen LogP contribution is 2.34. The van der Waals surface area contributed by atoms with E-state index in [4.69, 9.17) is 11.6 Å². The van der Waals surface area contributed by atoms with Crippen LogP contribution in [-0.4, -0.2) is 17.7 Å². The van der Waals surface area contributed by atoms with Gasteiger partial charge in [0, 0.05) is 24.2 Å². The predicted molar refractivity (Wildman–Crippen MR) is 101 cm³/mol. The van der Waals surface area contributed by atoms with Crippen LogP contribution in [0.15, 0.2) is 42.5 Å². The first-order chi connectivity index (χ1) is 12.5. The molecule has 1 heterocycles. The Bertz CT molecular complexity index is 882. The van der Waals surface area contributed by atoms with E-state index < -0.39 is 5.92 Å². The summed E-state index contributed by atoms with van der Waals surface area (Å²) in [4.78, 5) is 36.2. The summed E-state index contributed by atoms with van der Waals surface area (Å²) in [6.07, 6.45) is 0.408. The summed E-state index contributed by atoms with van der Waals surface area (Å²) < 4.78 is 0. The molecule has 3 rings (SSSR count). The summed E-state index contributed by atoms with van der Waals surface area (Å²) in [7, 11) is 0. The highest BCUT2D eigenvalue weighted by atomic mass is 35.5. The monoisotopic (exact) mass is 371 g/mol. The summed E-state index contributed by atoms with van der Waals surface area (Å²) >= 11 is 6.17. The lowest BCUT2D eigenvalue weighted by Crippen LogP contribution is -2.30. The number of carbonyl (C=O) groups is 3. The summed E-state index contributed by atoms with van der Waals surface area (Å²) in [6.45, 7) is 1.75. The molecule has 3 amide bonds. The Labute approximate surface area is 155 Å². The number of halogens is 1. The van der Waals surface area contributed by atoms with E-state index in [2.05, 4.69) is 16.0 Å². The molecule has 0 fully saturated rings. The lowest BCUT2D eigenvalue weighted by atomic mass is 9.90. The molecule has 26 heavy (non-hydrogen) atoms. The van der Waals surface area contributed by atoms with Gasteiger partial charge in [-0.3, -0.25) is 14.4 Å². The molecule has 1 aliphatic heterocycles. The Kier molecular flexibility index (Phi) is 5.23. The fourth-order valence-electron chi connectivity index (χ4n) is 2.81. The minimum Gasteiger partial charge on any atom is -0.326 e. The van der Waals surface area contributed by atoms with Crippen LogP contribution in [0.4, 0.5) is 17.1 Å². The van der Waals surface area contributed by atoms with Gasteiger partial charge in [-0.05, 0) is 29.8 Å². The molecule has 0 saturated carbocycles. The molecule has 3 N–H and O–H groups in total. The standard InChI is InChI=1S/C19H18ClN3O3/c1-2-17(24)21-11-7-8-14(20)16(9-11)23-19(26)13-10-18(25)22-15-6-4-3-5-12(13)15/h3-9,13H,2,10H2,1H3,(H,21,24)(H,22,25)(H,23,26). The van der Waals surface area contributed by atoms with Crippen LogP contribution >= 0.6 is 11.6 Å². The fourth-order valence-corrected chi connectivity index (χ4v) is 2.98. The van der Waals surface area contributed by atoms with Crippen molar-refractivity contribution in [3.63, 3.8) is 0 Å². The maximum absolute atomic E-state index is 12.8. The van der Waals surface area contributed by atoms with Gasteiger partial charge in [-0.25, -0.2) is 0 Å². The number of rotatable bonds is 4. The van der Waals surface area contributed by atoms with Gasteiger partial charge in [0.05, 0.1) is 16.6 Å². The van der Waals surface area contributed by atoms with Crippen LogP contribution in [0.1, 0.15) is 31.2 Å². The van der Waals surface area contributed by atoms with E-state index in [1.54, 1.807) is 37.3 Å². The second-order valence-corrected chi connectivity index (χ2v) is 6.38. The SMILES string of the molecule is CCC(=O)Nc1ccc(Cl)c(NC(=O)C2CC(=O)Nc3ccccc32)c1. The van der Waals surface area contributed by atoms with Crippen molar-refractivity contribution in [3.8, 4) is 0 Å². The van der Waals surface area contributed by atoms with Crippen molar-refractivity contribution in [1.29, 1.82) is 0 Å². The molecule has 6 nitrogen and oxygen atoms in total. The number of hydrogen-bond donors (Lipinski definition) is 3. The van der Waals surface area contributed by atoms with Gasteiger partial charge in [-0.2, -0.15) is 0 Å². The molecule has 0 radical (unpaired) electrons. The number of benzene rings is 2. The second-order valence-electron chi connectivity index (χ2n) is 5.98. The molecule has 0 aliphatic carbocycles. The normalized spacial score (nSPS) is 15.6. The van der Waals surface area contributed by atoms with Crippen LogP contribution < -0.4 is 16.0 Å². The molecule has 0 spiro atoms. The highest BCUT2D eigenvalue weighted by Gasteiger charge is 2.30. The largest absolute Gasteiger partial charge is 0.326 e. The minimum absolute atomic E-state index is 0.0622. The Hall–Kier alpha value is -2.86. The van der Waals surface area contributed by atoms with E-state index in [1.165, 1.54) is 0 Å². The van der Waals surface area contributed by atoms with E-state index in [9.17, 15) is 14.4 Å². The molecule has 1 atom stereocenters. The van der Waals surface area contributed by atoms with Crippen LogP contribution in [0.25, 0.3) is 0 Å². The average molecular weight is 372 g/mol. The van der Waals surface area contributed by atoms with Crippen molar-refractivity contribution in [3.05, 3.63) is 53.1 Å². The Morgan fingerprint density at radius 2 is 1.96 bits per heavy atom. The molecule has 0 saturated heterocycles. The molecule has 0 bridgehead atoms. The van der Waals surface area contributed by atoms with Gasteiger partial charge in [-0.1, -0.05) is 36.7 Å². The van der Waals surface area contributed by atoms with E-state index in [-0.39, 0.29) is 24.1 Å². The molecule has 7 heteroatoms. The quantitative estimate of drug-likeness (QED) is 0.764. The van der Waals surface area contributed by atoms with E-state index in [0.717, 1.165) is 5.56 Å². The zero-order chi connectivity index (χ0) is 18.7. The molecule has 0 aromatic heterocycles. The Balaban J connectivity index is 1.83. The second kappa shape index (κ2) is 7.58. The molecular formula is C19H18ClN3O3. The zero-order valence-electron chi connectivity index (χ0n) is 14.1. The summed E-state index contributed by atoms with van der Waals surface area (Å²) in [6, 6.07) is 12.1. The van der Waals surface area contributed by atoms with Gasteiger partial charge in [0.15, 0.2) is 0 Å². The highest BCUT2D eigenvalue weighted by molar-refractivity contribution is 6.34. The van der Waals surface area contributed by atoms with E-state index in [1.807, 2.05) is 12.1 Å². The van der Waals surface area contributed by atoms with Crippen LogP contribution in [0.3, 0.4) is 0 Å². The fraction of sp³-hybridized carbons (Fsp3) is 0.211. The van der Waals surface area contributed by atoms with Crippen molar-refractivity contribution < 1.29 is 14.4 Å². The van der Waals surface area contributed by atoms with Crippen LogP contribution in [0.2, 0.25) is 5.02 Å². The number of amides is 3. The lowest BCUT2D eigenvalue weighted by molar-refractivity contribution is -0.123. The number of anilines is 3. The molecule has 2 aromatic rings. The molecular weight excluding hydrogens is 354 g/mol. The first-order valence-electron chi connectivity index (χ1n) is 8.27. The number of nitrogens with one attached hydrogen (secondary N) is 3. The van der Waals surface area contributed by atoms with Gasteiger partial charge in [0.1, 0.15) is 0 Å². The van der Waals surface area contributed by atoms with Gasteiger partial charge < -0.3 is 16.0 Å². The molecule has 2 aromatic carbocycles. The molecule has 134 valence electrons. The zero-order valence-corrected chi connectivity index (χ0v) is 14.9. The van der Waals surface area contributed by atoms with Crippen molar-refractivity contribution in [2.24, 2.45) is 0 Å².